The molecule has 1 fully saturated rings. The van der Waals surface area contributed by atoms with Gasteiger partial charge in [0.05, 0.1) is 6.26 Å². The standard InChI is InChI=1S/C8H18N2O2S/c1-4-9(2)8-5-6-10(7-8)13(3,11)12/h8H,4-7H2,1-3H3. The summed E-state index contributed by atoms with van der Waals surface area (Å²) in [5, 5.41) is 0. The highest BCUT2D eigenvalue weighted by Gasteiger charge is 2.29. The third-order valence-electron chi connectivity index (χ3n) is 2.72. The molecule has 1 saturated heterocycles. The Morgan fingerprint density at radius 2 is 2.15 bits per heavy atom. The Labute approximate surface area is 80.6 Å². The molecule has 1 aliphatic rings. The molecule has 1 atom stereocenters. The Kier molecular flexibility index (Phi) is 3.32. The molecule has 1 rings (SSSR count). The maximum Gasteiger partial charge on any atom is 0.211 e. The molecular weight excluding hydrogens is 188 g/mol. The lowest BCUT2D eigenvalue weighted by Crippen LogP contribution is -2.35. The molecular formula is C8H18N2O2S. The number of likely N-dealkylation sites (N-methyl/N-ethyl adjacent to an activating group) is 1. The Bertz CT molecular complexity index is 263. The number of hydrogen-bond donors (Lipinski definition) is 0. The van der Waals surface area contributed by atoms with Crippen LogP contribution in [0.1, 0.15) is 13.3 Å². The lowest BCUT2D eigenvalue weighted by Gasteiger charge is -2.22. The topological polar surface area (TPSA) is 40.6 Å². The molecule has 0 N–H and O–H groups in total. The molecule has 0 radical (unpaired) electrons. The van der Waals surface area contributed by atoms with E-state index in [-0.39, 0.29) is 0 Å². The van der Waals surface area contributed by atoms with Crippen molar-refractivity contribution in [3.63, 3.8) is 0 Å². The van der Waals surface area contributed by atoms with Gasteiger partial charge in [-0.15, -0.1) is 0 Å². The van der Waals surface area contributed by atoms with Gasteiger partial charge in [-0.05, 0) is 20.0 Å². The SMILES string of the molecule is CCN(C)C1CCN(S(C)(=O)=O)C1. The Hall–Kier alpha value is -0.130. The van der Waals surface area contributed by atoms with Gasteiger partial charge in [0.2, 0.25) is 10.0 Å². The summed E-state index contributed by atoms with van der Waals surface area (Å²) in [5.41, 5.74) is 0. The largest absolute Gasteiger partial charge is 0.302 e. The van der Waals surface area contributed by atoms with Crippen LogP contribution in [0.4, 0.5) is 0 Å². The van der Waals surface area contributed by atoms with Crippen molar-refractivity contribution < 1.29 is 8.42 Å². The van der Waals surface area contributed by atoms with Gasteiger partial charge in [0.15, 0.2) is 0 Å². The van der Waals surface area contributed by atoms with E-state index in [1.165, 1.54) is 6.26 Å². The van der Waals surface area contributed by atoms with Crippen LogP contribution in [-0.2, 0) is 10.0 Å². The fourth-order valence-corrected chi connectivity index (χ4v) is 2.51. The van der Waals surface area contributed by atoms with E-state index >= 15 is 0 Å². The molecule has 1 unspecified atom stereocenters. The van der Waals surface area contributed by atoms with Gasteiger partial charge >= 0.3 is 0 Å². The predicted octanol–water partition coefficient (Wildman–Crippen LogP) is -0.0280. The lowest BCUT2D eigenvalue weighted by atomic mass is 10.2. The first-order valence-electron chi connectivity index (χ1n) is 4.60. The van der Waals surface area contributed by atoms with Crippen LogP contribution in [0.25, 0.3) is 0 Å². The maximum absolute atomic E-state index is 11.2. The van der Waals surface area contributed by atoms with E-state index in [9.17, 15) is 8.42 Å². The Morgan fingerprint density at radius 1 is 1.54 bits per heavy atom. The molecule has 0 aliphatic carbocycles. The van der Waals surface area contributed by atoms with Crippen LogP contribution in [0, 0.1) is 0 Å². The third kappa shape index (κ3) is 2.65. The quantitative estimate of drug-likeness (QED) is 0.651. The molecule has 13 heavy (non-hydrogen) atoms. The Morgan fingerprint density at radius 3 is 2.54 bits per heavy atom. The minimum Gasteiger partial charge on any atom is -0.302 e. The summed E-state index contributed by atoms with van der Waals surface area (Å²) in [4.78, 5) is 2.20. The normalized spacial score (nSPS) is 25.7. The molecule has 4 nitrogen and oxygen atoms in total. The molecule has 5 heteroatoms. The van der Waals surface area contributed by atoms with Gasteiger partial charge in [-0.2, -0.15) is 0 Å². The minimum atomic E-state index is -2.97. The first-order chi connectivity index (χ1) is 5.95. The zero-order valence-corrected chi connectivity index (χ0v) is 9.34. The van der Waals surface area contributed by atoms with Gasteiger partial charge in [-0.3, -0.25) is 0 Å². The summed E-state index contributed by atoms with van der Waals surface area (Å²) in [5.74, 6) is 0. The number of sulfonamides is 1. The van der Waals surface area contributed by atoms with E-state index in [4.69, 9.17) is 0 Å². The van der Waals surface area contributed by atoms with E-state index in [0.29, 0.717) is 19.1 Å². The number of nitrogens with zero attached hydrogens (tertiary/aromatic N) is 2. The highest BCUT2D eigenvalue weighted by molar-refractivity contribution is 7.88. The van der Waals surface area contributed by atoms with Crippen molar-refractivity contribution >= 4 is 10.0 Å². The molecule has 78 valence electrons. The zero-order valence-electron chi connectivity index (χ0n) is 8.52. The van der Waals surface area contributed by atoms with Crippen molar-refractivity contribution in [2.24, 2.45) is 0 Å². The summed E-state index contributed by atoms with van der Waals surface area (Å²) in [6.45, 7) is 4.39. The Balaban J connectivity index is 2.55. The van der Waals surface area contributed by atoms with Gasteiger partial charge < -0.3 is 4.90 Å². The fraction of sp³-hybridized carbons (Fsp3) is 1.00. The average Bonchev–Trinajstić information content (AvgIpc) is 2.50. The average molecular weight is 206 g/mol. The minimum absolute atomic E-state index is 0.403. The van der Waals surface area contributed by atoms with Crippen LogP contribution < -0.4 is 0 Å². The summed E-state index contributed by atoms with van der Waals surface area (Å²) < 4.78 is 24.0. The van der Waals surface area contributed by atoms with E-state index in [2.05, 4.69) is 11.8 Å². The van der Waals surface area contributed by atoms with Crippen LogP contribution >= 0.6 is 0 Å². The van der Waals surface area contributed by atoms with Crippen LogP contribution in [0.2, 0.25) is 0 Å². The molecule has 0 aromatic carbocycles. The van der Waals surface area contributed by atoms with E-state index in [1.807, 2.05) is 7.05 Å². The van der Waals surface area contributed by atoms with Crippen molar-refractivity contribution in [2.75, 3.05) is 32.9 Å². The highest BCUT2D eigenvalue weighted by atomic mass is 32.2. The molecule has 0 spiro atoms. The summed E-state index contributed by atoms with van der Waals surface area (Å²) in [6.07, 6.45) is 2.23. The smallest absolute Gasteiger partial charge is 0.211 e. The van der Waals surface area contributed by atoms with Gasteiger partial charge in [0, 0.05) is 19.1 Å². The van der Waals surface area contributed by atoms with Crippen LogP contribution in [0.15, 0.2) is 0 Å². The fourth-order valence-electron chi connectivity index (χ4n) is 1.63. The number of rotatable bonds is 3. The second-order valence-electron chi connectivity index (χ2n) is 3.64. The van der Waals surface area contributed by atoms with Crippen molar-refractivity contribution in [1.82, 2.24) is 9.21 Å². The van der Waals surface area contributed by atoms with Gasteiger partial charge in [-0.1, -0.05) is 6.92 Å². The molecule has 0 aromatic rings. The summed E-state index contributed by atoms with van der Waals surface area (Å²) >= 11 is 0. The molecule has 0 saturated carbocycles. The maximum atomic E-state index is 11.2. The van der Waals surface area contributed by atoms with E-state index in [0.717, 1.165) is 13.0 Å². The zero-order chi connectivity index (χ0) is 10.1. The van der Waals surface area contributed by atoms with E-state index in [1.54, 1.807) is 4.31 Å². The van der Waals surface area contributed by atoms with Crippen LogP contribution in [-0.4, -0.2) is 56.6 Å². The highest BCUT2D eigenvalue weighted by Crippen LogP contribution is 2.16. The first kappa shape index (κ1) is 10.9. The summed E-state index contributed by atoms with van der Waals surface area (Å²) in [7, 11) is -0.932. The molecule has 1 aliphatic heterocycles. The van der Waals surface area contributed by atoms with Crippen molar-refractivity contribution in [2.45, 2.75) is 19.4 Å². The van der Waals surface area contributed by atoms with E-state index < -0.39 is 10.0 Å². The van der Waals surface area contributed by atoms with Crippen molar-refractivity contribution in [1.29, 1.82) is 0 Å². The monoisotopic (exact) mass is 206 g/mol. The lowest BCUT2D eigenvalue weighted by molar-refractivity contribution is 0.262. The van der Waals surface area contributed by atoms with Gasteiger partial charge in [0.25, 0.3) is 0 Å². The molecule has 1 heterocycles. The summed E-state index contributed by atoms with van der Waals surface area (Å²) in [6, 6.07) is 0.403. The van der Waals surface area contributed by atoms with Gasteiger partial charge in [0.1, 0.15) is 0 Å². The second kappa shape index (κ2) is 3.94. The van der Waals surface area contributed by atoms with Gasteiger partial charge in [-0.25, -0.2) is 12.7 Å². The molecule has 0 aromatic heterocycles. The van der Waals surface area contributed by atoms with Crippen LogP contribution in [0.3, 0.4) is 0 Å². The van der Waals surface area contributed by atoms with Crippen molar-refractivity contribution in [3.8, 4) is 0 Å². The second-order valence-corrected chi connectivity index (χ2v) is 5.62. The number of hydrogen-bond acceptors (Lipinski definition) is 3. The van der Waals surface area contributed by atoms with Crippen molar-refractivity contribution in [3.05, 3.63) is 0 Å². The first-order valence-corrected chi connectivity index (χ1v) is 6.45. The molecule has 0 amide bonds. The van der Waals surface area contributed by atoms with Crippen LogP contribution in [0.5, 0.6) is 0 Å². The molecule has 0 bridgehead atoms. The predicted molar refractivity (Wildman–Crippen MR) is 53.1 cm³/mol. The third-order valence-corrected chi connectivity index (χ3v) is 3.99.